The summed E-state index contributed by atoms with van der Waals surface area (Å²) in [6.07, 6.45) is 0.316. The van der Waals surface area contributed by atoms with Gasteiger partial charge < -0.3 is 15.7 Å². The molecule has 0 bridgehead atoms. The van der Waals surface area contributed by atoms with E-state index in [1.54, 1.807) is 19.1 Å². The van der Waals surface area contributed by atoms with E-state index < -0.39 is 5.97 Å². The Morgan fingerprint density at radius 3 is 2.76 bits per heavy atom. The van der Waals surface area contributed by atoms with E-state index in [2.05, 4.69) is 0 Å². The largest absolute Gasteiger partial charge is 0.478 e. The monoisotopic (exact) mass is 234 g/mol. The van der Waals surface area contributed by atoms with Gasteiger partial charge in [-0.2, -0.15) is 0 Å². The van der Waals surface area contributed by atoms with Gasteiger partial charge in [0.1, 0.15) is 0 Å². The molecule has 0 aromatic heterocycles. The molecule has 0 radical (unpaired) electrons. The van der Waals surface area contributed by atoms with E-state index >= 15 is 0 Å². The second-order valence-corrected chi connectivity index (χ2v) is 4.27. The molecule has 1 saturated heterocycles. The number of hydrogen-bond acceptors (Lipinski definition) is 3. The zero-order valence-corrected chi connectivity index (χ0v) is 9.51. The smallest absolute Gasteiger partial charge is 0.336 e. The number of aromatic carboxylic acids is 1. The van der Waals surface area contributed by atoms with Crippen molar-refractivity contribution in [3.8, 4) is 0 Å². The predicted molar refractivity (Wildman–Crippen MR) is 63.1 cm³/mol. The zero-order chi connectivity index (χ0) is 12.6. The van der Waals surface area contributed by atoms with E-state index in [0.717, 1.165) is 0 Å². The van der Waals surface area contributed by atoms with Gasteiger partial charge in [-0.1, -0.05) is 6.07 Å². The first kappa shape index (κ1) is 11.6. The Balaban J connectivity index is 2.37. The highest BCUT2D eigenvalue weighted by Crippen LogP contribution is 2.23. The van der Waals surface area contributed by atoms with Crippen molar-refractivity contribution in [3.05, 3.63) is 29.3 Å². The molecule has 0 saturated carbocycles. The summed E-state index contributed by atoms with van der Waals surface area (Å²) in [6.45, 7) is 2.17. The van der Waals surface area contributed by atoms with Gasteiger partial charge in [-0.05, 0) is 24.6 Å². The SMILES string of the molecule is Cc1ccc(N2CC(N)CC2=O)cc1C(=O)O. The molecule has 90 valence electrons. The summed E-state index contributed by atoms with van der Waals surface area (Å²) in [7, 11) is 0. The molecule has 1 aliphatic heterocycles. The van der Waals surface area contributed by atoms with Crippen LogP contribution in [0.15, 0.2) is 18.2 Å². The Bertz CT molecular complexity index is 485. The molecular formula is C12H14N2O3. The normalized spacial score (nSPS) is 19.8. The molecule has 2 rings (SSSR count). The summed E-state index contributed by atoms with van der Waals surface area (Å²) in [4.78, 5) is 24.2. The number of carbonyl (C=O) groups is 2. The molecular weight excluding hydrogens is 220 g/mol. The lowest BCUT2D eigenvalue weighted by molar-refractivity contribution is -0.117. The third kappa shape index (κ3) is 2.14. The van der Waals surface area contributed by atoms with Crippen molar-refractivity contribution in [2.75, 3.05) is 11.4 Å². The minimum absolute atomic E-state index is 0.0577. The number of aryl methyl sites for hydroxylation is 1. The van der Waals surface area contributed by atoms with Gasteiger partial charge in [0.25, 0.3) is 0 Å². The average Bonchev–Trinajstić information content (AvgIpc) is 2.58. The Labute approximate surface area is 98.8 Å². The lowest BCUT2D eigenvalue weighted by Gasteiger charge is -2.17. The number of carbonyl (C=O) groups excluding carboxylic acids is 1. The highest BCUT2D eigenvalue weighted by molar-refractivity contribution is 5.98. The second-order valence-electron chi connectivity index (χ2n) is 4.27. The van der Waals surface area contributed by atoms with Gasteiger partial charge >= 0.3 is 5.97 Å². The first-order valence-electron chi connectivity index (χ1n) is 5.39. The molecule has 17 heavy (non-hydrogen) atoms. The van der Waals surface area contributed by atoms with Crippen LogP contribution in [0.2, 0.25) is 0 Å². The van der Waals surface area contributed by atoms with Crippen LogP contribution in [0.5, 0.6) is 0 Å². The predicted octanol–water partition coefficient (Wildman–Crippen LogP) is 0.757. The van der Waals surface area contributed by atoms with Crippen LogP contribution in [-0.4, -0.2) is 29.6 Å². The van der Waals surface area contributed by atoms with Crippen molar-refractivity contribution < 1.29 is 14.7 Å². The van der Waals surface area contributed by atoms with E-state index in [9.17, 15) is 9.59 Å². The van der Waals surface area contributed by atoms with Gasteiger partial charge in [0.15, 0.2) is 0 Å². The van der Waals surface area contributed by atoms with Crippen LogP contribution in [-0.2, 0) is 4.79 Å². The van der Waals surface area contributed by atoms with Gasteiger partial charge in [0, 0.05) is 24.7 Å². The van der Waals surface area contributed by atoms with Crippen LogP contribution in [0.4, 0.5) is 5.69 Å². The van der Waals surface area contributed by atoms with Crippen LogP contribution >= 0.6 is 0 Å². The quantitative estimate of drug-likeness (QED) is 0.791. The molecule has 1 aliphatic rings. The minimum Gasteiger partial charge on any atom is -0.478 e. The topological polar surface area (TPSA) is 83.6 Å². The van der Waals surface area contributed by atoms with E-state index in [1.165, 1.54) is 11.0 Å². The Morgan fingerprint density at radius 2 is 2.24 bits per heavy atom. The zero-order valence-electron chi connectivity index (χ0n) is 9.51. The molecule has 1 atom stereocenters. The lowest BCUT2D eigenvalue weighted by atomic mass is 10.1. The molecule has 3 N–H and O–H groups in total. The van der Waals surface area contributed by atoms with Crippen molar-refractivity contribution in [2.45, 2.75) is 19.4 Å². The van der Waals surface area contributed by atoms with Crippen molar-refractivity contribution in [2.24, 2.45) is 5.73 Å². The van der Waals surface area contributed by atoms with Crippen LogP contribution in [0, 0.1) is 6.92 Å². The van der Waals surface area contributed by atoms with Gasteiger partial charge in [0.05, 0.1) is 5.56 Å². The molecule has 5 heteroatoms. The summed E-state index contributed by atoms with van der Waals surface area (Å²) in [6, 6.07) is 4.80. The summed E-state index contributed by atoms with van der Waals surface area (Å²) in [5.74, 6) is -1.04. The Kier molecular flexibility index (Phi) is 2.85. The summed E-state index contributed by atoms with van der Waals surface area (Å²) < 4.78 is 0. The minimum atomic E-state index is -0.986. The van der Waals surface area contributed by atoms with Crippen molar-refractivity contribution in [1.82, 2.24) is 0 Å². The molecule has 0 spiro atoms. The second kappa shape index (κ2) is 4.18. The summed E-state index contributed by atoms with van der Waals surface area (Å²) in [5, 5.41) is 9.02. The van der Waals surface area contributed by atoms with Crippen molar-refractivity contribution in [3.63, 3.8) is 0 Å². The van der Waals surface area contributed by atoms with Gasteiger partial charge in [-0.3, -0.25) is 4.79 Å². The fraction of sp³-hybridized carbons (Fsp3) is 0.333. The third-order valence-corrected chi connectivity index (χ3v) is 2.92. The van der Waals surface area contributed by atoms with Gasteiger partial charge in [0.2, 0.25) is 5.91 Å². The van der Waals surface area contributed by atoms with Gasteiger partial charge in [-0.25, -0.2) is 4.79 Å². The number of benzene rings is 1. The maximum absolute atomic E-state index is 11.6. The van der Waals surface area contributed by atoms with Crippen LogP contribution in [0.25, 0.3) is 0 Å². The number of carboxylic acids is 1. The molecule has 0 aliphatic carbocycles. The molecule has 1 amide bonds. The fourth-order valence-corrected chi connectivity index (χ4v) is 1.99. The number of hydrogen-bond donors (Lipinski definition) is 2. The maximum Gasteiger partial charge on any atom is 0.336 e. The molecule has 5 nitrogen and oxygen atoms in total. The van der Waals surface area contributed by atoms with E-state index in [0.29, 0.717) is 24.2 Å². The number of carboxylic acid groups (broad SMARTS) is 1. The standard InChI is InChI=1S/C12H14N2O3/c1-7-2-3-9(5-10(7)12(16)17)14-6-8(13)4-11(14)15/h2-3,5,8H,4,6,13H2,1H3,(H,16,17). The fourth-order valence-electron chi connectivity index (χ4n) is 1.99. The van der Waals surface area contributed by atoms with Crippen molar-refractivity contribution in [1.29, 1.82) is 0 Å². The summed E-state index contributed by atoms with van der Waals surface area (Å²) in [5.41, 5.74) is 7.20. The molecule has 1 aromatic carbocycles. The molecule has 1 fully saturated rings. The van der Waals surface area contributed by atoms with Gasteiger partial charge in [-0.15, -0.1) is 0 Å². The van der Waals surface area contributed by atoms with Crippen LogP contribution < -0.4 is 10.6 Å². The Morgan fingerprint density at radius 1 is 1.53 bits per heavy atom. The molecule has 1 heterocycles. The highest BCUT2D eigenvalue weighted by atomic mass is 16.4. The first-order valence-corrected chi connectivity index (χ1v) is 5.39. The third-order valence-electron chi connectivity index (χ3n) is 2.92. The van der Waals surface area contributed by atoms with E-state index in [1.807, 2.05) is 0 Å². The number of rotatable bonds is 2. The average molecular weight is 234 g/mol. The Hall–Kier alpha value is -1.88. The van der Waals surface area contributed by atoms with Crippen molar-refractivity contribution >= 4 is 17.6 Å². The lowest BCUT2D eigenvalue weighted by Crippen LogP contribution is -2.28. The number of nitrogens with zero attached hydrogens (tertiary/aromatic N) is 1. The van der Waals surface area contributed by atoms with E-state index in [4.69, 9.17) is 10.8 Å². The summed E-state index contributed by atoms with van der Waals surface area (Å²) >= 11 is 0. The number of anilines is 1. The van der Waals surface area contributed by atoms with Crippen LogP contribution in [0.3, 0.4) is 0 Å². The highest BCUT2D eigenvalue weighted by Gasteiger charge is 2.28. The van der Waals surface area contributed by atoms with E-state index in [-0.39, 0.29) is 17.5 Å². The number of nitrogens with two attached hydrogens (primary N) is 1. The first-order chi connectivity index (χ1) is 7.99. The molecule has 1 unspecified atom stereocenters. The number of amides is 1. The molecule has 1 aromatic rings. The van der Waals surface area contributed by atoms with Crippen LogP contribution in [0.1, 0.15) is 22.3 Å². The maximum atomic E-state index is 11.6.